The lowest BCUT2D eigenvalue weighted by atomic mass is 10.3. The van der Waals surface area contributed by atoms with Crippen LogP contribution in [-0.2, 0) is 10.0 Å². The standard InChI is InChI=1S/C10H14BrNO4S/c1-2-16-9-4-3-8(11)7-10(9)17(14,15)12-5-6-13/h3-4,7,12-13H,2,5-6H2,1H3. The summed E-state index contributed by atoms with van der Waals surface area (Å²) >= 11 is 3.21. The molecule has 0 aliphatic heterocycles. The van der Waals surface area contributed by atoms with E-state index in [9.17, 15) is 8.42 Å². The van der Waals surface area contributed by atoms with Gasteiger partial charge in [-0.2, -0.15) is 0 Å². The number of hydrogen-bond donors (Lipinski definition) is 2. The van der Waals surface area contributed by atoms with E-state index < -0.39 is 10.0 Å². The molecule has 0 aromatic heterocycles. The van der Waals surface area contributed by atoms with Crippen LogP contribution in [0.25, 0.3) is 0 Å². The third-order valence-corrected chi connectivity index (χ3v) is 3.87. The summed E-state index contributed by atoms with van der Waals surface area (Å²) in [6.45, 7) is 1.88. The molecule has 0 saturated heterocycles. The number of rotatable bonds is 6. The van der Waals surface area contributed by atoms with Crippen molar-refractivity contribution in [2.45, 2.75) is 11.8 Å². The Morgan fingerprint density at radius 3 is 2.76 bits per heavy atom. The first kappa shape index (κ1) is 14.4. The van der Waals surface area contributed by atoms with Crippen molar-refractivity contribution in [2.75, 3.05) is 19.8 Å². The molecule has 17 heavy (non-hydrogen) atoms. The molecule has 2 N–H and O–H groups in total. The first-order chi connectivity index (χ1) is 8.01. The Morgan fingerprint density at radius 1 is 1.47 bits per heavy atom. The van der Waals surface area contributed by atoms with E-state index in [1.807, 2.05) is 0 Å². The SMILES string of the molecule is CCOc1ccc(Br)cc1S(=O)(=O)NCCO. The minimum Gasteiger partial charge on any atom is -0.492 e. The first-order valence-electron chi connectivity index (χ1n) is 5.04. The lowest BCUT2D eigenvalue weighted by Crippen LogP contribution is -2.27. The van der Waals surface area contributed by atoms with Crippen LogP contribution >= 0.6 is 15.9 Å². The molecule has 0 aliphatic rings. The molecule has 1 aromatic rings. The van der Waals surface area contributed by atoms with Gasteiger partial charge >= 0.3 is 0 Å². The largest absolute Gasteiger partial charge is 0.492 e. The number of hydrogen-bond acceptors (Lipinski definition) is 4. The van der Waals surface area contributed by atoms with Crippen LogP contribution in [-0.4, -0.2) is 33.3 Å². The smallest absolute Gasteiger partial charge is 0.244 e. The van der Waals surface area contributed by atoms with Gasteiger partial charge in [-0.05, 0) is 25.1 Å². The quantitative estimate of drug-likeness (QED) is 0.822. The molecule has 1 aromatic carbocycles. The number of aliphatic hydroxyl groups excluding tert-OH is 1. The zero-order valence-corrected chi connectivity index (χ0v) is 11.7. The highest BCUT2D eigenvalue weighted by Crippen LogP contribution is 2.27. The van der Waals surface area contributed by atoms with Crippen molar-refractivity contribution >= 4 is 26.0 Å². The summed E-state index contributed by atoms with van der Waals surface area (Å²) in [4.78, 5) is 0.0576. The van der Waals surface area contributed by atoms with Crippen LogP contribution in [0, 0.1) is 0 Å². The summed E-state index contributed by atoms with van der Waals surface area (Å²) in [5.74, 6) is 0.293. The number of aliphatic hydroxyl groups is 1. The van der Waals surface area contributed by atoms with Gasteiger partial charge < -0.3 is 9.84 Å². The Labute approximate surface area is 109 Å². The fourth-order valence-electron chi connectivity index (χ4n) is 1.22. The van der Waals surface area contributed by atoms with E-state index >= 15 is 0 Å². The summed E-state index contributed by atoms with van der Waals surface area (Å²) in [5.41, 5.74) is 0. The molecule has 0 atom stereocenters. The highest BCUT2D eigenvalue weighted by molar-refractivity contribution is 9.10. The van der Waals surface area contributed by atoms with Crippen molar-refractivity contribution in [3.8, 4) is 5.75 Å². The number of sulfonamides is 1. The molecule has 0 spiro atoms. The maximum absolute atomic E-state index is 11.9. The van der Waals surface area contributed by atoms with E-state index in [-0.39, 0.29) is 18.0 Å². The Balaban J connectivity index is 3.13. The van der Waals surface area contributed by atoms with Gasteiger partial charge in [-0.25, -0.2) is 13.1 Å². The maximum Gasteiger partial charge on any atom is 0.244 e. The fourth-order valence-corrected chi connectivity index (χ4v) is 2.93. The normalized spacial score (nSPS) is 11.5. The zero-order valence-electron chi connectivity index (χ0n) is 9.31. The highest BCUT2D eigenvalue weighted by Gasteiger charge is 2.19. The van der Waals surface area contributed by atoms with Crippen LogP contribution in [0.5, 0.6) is 5.75 Å². The Bertz CT molecular complexity index is 475. The number of ether oxygens (including phenoxy) is 1. The van der Waals surface area contributed by atoms with E-state index in [4.69, 9.17) is 9.84 Å². The molecule has 5 nitrogen and oxygen atoms in total. The molecule has 7 heteroatoms. The van der Waals surface area contributed by atoms with Crippen LogP contribution in [0.2, 0.25) is 0 Å². The number of halogens is 1. The molecular formula is C10H14BrNO4S. The fraction of sp³-hybridized carbons (Fsp3) is 0.400. The summed E-state index contributed by atoms with van der Waals surface area (Å²) < 4.78 is 32.0. The van der Waals surface area contributed by atoms with E-state index in [1.54, 1.807) is 19.1 Å². The van der Waals surface area contributed by atoms with Crippen LogP contribution < -0.4 is 9.46 Å². The highest BCUT2D eigenvalue weighted by atomic mass is 79.9. The van der Waals surface area contributed by atoms with Crippen molar-refractivity contribution in [3.05, 3.63) is 22.7 Å². The van der Waals surface area contributed by atoms with Crippen molar-refractivity contribution in [3.63, 3.8) is 0 Å². The maximum atomic E-state index is 11.9. The lowest BCUT2D eigenvalue weighted by molar-refractivity contribution is 0.300. The minimum absolute atomic E-state index is 0.0274. The van der Waals surface area contributed by atoms with Gasteiger partial charge in [-0.3, -0.25) is 0 Å². The summed E-state index contributed by atoms with van der Waals surface area (Å²) in [6.07, 6.45) is 0. The Kier molecular flexibility index (Phi) is 5.38. The molecule has 0 aliphatic carbocycles. The van der Waals surface area contributed by atoms with Gasteiger partial charge in [0.2, 0.25) is 10.0 Å². The number of benzene rings is 1. The van der Waals surface area contributed by atoms with Gasteiger partial charge in [0.15, 0.2) is 0 Å². The third kappa shape index (κ3) is 3.95. The summed E-state index contributed by atoms with van der Waals surface area (Å²) in [6, 6.07) is 4.75. The molecule has 0 fully saturated rings. The van der Waals surface area contributed by atoms with Gasteiger partial charge in [0, 0.05) is 11.0 Å². The van der Waals surface area contributed by atoms with E-state index in [2.05, 4.69) is 20.7 Å². The second-order valence-corrected chi connectivity index (χ2v) is 5.80. The van der Waals surface area contributed by atoms with Gasteiger partial charge in [0.1, 0.15) is 10.6 Å². The molecular weight excluding hydrogens is 310 g/mol. The topological polar surface area (TPSA) is 75.6 Å². The van der Waals surface area contributed by atoms with Gasteiger partial charge in [-0.15, -0.1) is 0 Å². The first-order valence-corrected chi connectivity index (χ1v) is 7.31. The molecule has 0 unspecified atom stereocenters. The monoisotopic (exact) mass is 323 g/mol. The van der Waals surface area contributed by atoms with Crippen molar-refractivity contribution < 1.29 is 18.3 Å². The Morgan fingerprint density at radius 2 is 2.18 bits per heavy atom. The van der Waals surface area contributed by atoms with Crippen LogP contribution in [0.1, 0.15) is 6.92 Å². The van der Waals surface area contributed by atoms with Crippen LogP contribution in [0.3, 0.4) is 0 Å². The molecule has 0 amide bonds. The molecule has 0 radical (unpaired) electrons. The predicted octanol–water partition coefficient (Wildman–Crippen LogP) is 1.12. The van der Waals surface area contributed by atoms with E-state index in [1.165, 1.54) is 6.07 Å². The molecule has 0 heterocycles. The van der Waals surface area contributed by atoms with Crippen molar-refractivity contribution in [1.29, 1.82) is 0 Å². The van der Waals surface area contributed by atoms with Crippen molar-refractivity contribution in [2.24, 2.45) is 0 Å². The molecule has 0 bridgehead atoms. The summed E-state index contributed by atoms with van der Waals surface area (Å²) in [7, 11) is -3.66. The second kappa shape index (κ2) is 6.34. The van der Waals surface area contributed by atoms with Gasteiger partial charge in [-0.1, -0.05) is 15.9 Å². The minimum atomic E-state index is -3.66. The van der Waals surface area contributed by atoms with Crippen LogP contribution in [0.4, 0.5) is 0 Å². The van der Waals surface area contributed by atoms with E-state index in [0.717, 1.165) is 0 Å². The lowest BCUT2D eigenvalue weighted by Gasteiger charge is -2.11. The average molecular weight is 324 g/mol. The zero-order chi connectivity index (χ0) is 12.9. The second-order valence-electron chi connectivity index (χ2n) is 3.15. The summed E-state index contributed by atoms with van der Waals surface area (Å²) in [5, 5.41) is 8.64. The van der Waals surface area contributed by atoms with Crippen molar-refractivity contribution in [1.82, 2.24) is 4.72 Å². The Hall–Kier alpha value is -0.630. The molecule has 1 rings (SSSR count). The average Bonchev–Trinajstić information content (AvgIpc) is 2.29. The predicted molar refractivity (Wildman–Crippen MR) is 67.6 cm³/mol. The third-order valence-electron chi connectivity index (χ3n) is 1.90. The molecule has 0 saturated carbocycles. The van der Waals surface area contributed by atoms with Gasteiger partial charge in [0.05, 0.1) is 13.2 Å². The van der Waals surface area contributed by atoms with E-state index in [0.29, 0.717) is 16.8 Å². The number of nitrogens with one attached hydrogen (secondary N) is 1. The van der Waals surface area contributed by atoms with Gasteiger partial charge in [0.25, 0.3) is 0 Å². The van der Waals surface area contributed by atoms with Crippen LogP contribution in [0.15, 0.2) is 27.6 Å². The molecule has 96 valence electrons.